The van der Waals surface area contributed by atoms with Gasteiger partial charge in [-0.1, -0.05) is 24.3 Å². The number of hydrogen-bond acceptors (Lipinski definition) is 3. The number of nitrogens with one attached hydrogen (secondary N) is 2. The number of anilines is 1. The van der Waals surface area contributed by atoms with Crippen LogP contribution in [0.4, 0.5) is 5.69 Å². The third kappa shape index (κ3) is 7.67. The van der Waals surface area contributed by atoms with Crippen molar-refractivity contribution in [1.82, 2.24) is 5.32 Å². The first kappa shape index (κ1) is 20.6. The van der Waals surface area contributed by atoms with E-state index >= 15 is 0 Å². The second-order valence-electron chi connectivity index (χ2n) is 6.40. The van der Waals surface area contributed by atoms with Crippen LogP contribution in [-0.2, 0) is 5.75 Å². The van der Waals surface area contributed by atoms with Crippen molar-refractivity contribution in [1.29, 1.82) is 0 Å². The molecule has 0 bridgehead atoms. The predicted molar refractivity (Wildman–Crippen MR) is 118 cm³/mol. The highest BCUT2D eigenvalue weighted by Crippen LogP contribution is 2.17. The molecular formula is C21H28N2OS2. The van der Waals surface area contributed by atoms with Crippen LogP contribution in [0, 0.1) is 6.92 Å². The van der Waals surface area contributed by atoms with Crippen molar-refractivity contribution in [3.8, 4) is 5.75 Å². The topological polar surface area (TPSA) is 33.3 Å². The van der Waals surface area contributed by atoms with E-state index in [0.717, 1.165) is 35.9 Å². The zero-order chi connectivity index (χ0) is 18.8. The van der Waals surface area contributed by atoms with Crippen molar-refractivity contribution in [2.75, 3.05) is 17.6 Å². The summed E-state index contributed by atoms with van der Waals surface area (Å²) in [7, 11) is 0. The summed E-state index contributed by atoms with van der Waals surface area (Å²) in [6.45, 7) is 7.08. The van der Waals surface area contributed by atoms with Crippen LogP contribution in [0.3, 0.4) is 0 Å². The maximum absolute atomic E-state index is 5.64. The van der Waals surface area contributed by atoms with Crippen molar-refractivity contribution in [3.63, 3.8) is 0 Å². The first-order chi connectivity index (χ1) is 12.5. The zero-order valence-corrected chi connectivity index (χ0v) is 17.4. The minimum Gasteiger partial charge on any atom is -0.491 e. The van der Waals surface area contributed by atoms with Gasteiger partial charge in [-0.3, -0.25) is 0 Å². The molecule has 0 saturated heterocycles. The number of rotatable bonds is 9. The van der Waals surface area contributed by atoms with Gasteiger partial charge in [-0.05, 0) is 80.6 Å². The highest BCUT2D eigenvalue weighted by molar-refractivity contribution is 7.98. The summed E-state index contributed by atoms with van der Waals surface area (Å²) >= 11 is 7.32. The van der Waals surface area contributed by atoms with Gasteiger partial charge >= 0.3 is 0 Å². The molecule has 0 unspecified atom stereocenters. The predicted octanol–water partition coefficient (Wildman–Crippen LogP) is 5.39. The summed E-state index contributed by atoms with van der Waals surface area (Å²) in [5.74, 6) is 3.06. The average Bonchev–Trinajstić information content (AvgIpc) is 2.60. The van der Waals surface area contributed by atoms with E-state index in [4.69, 9.17) is 17.0 Å². The number of thioether (sulfide) groups is 1. The van der Waals surface area contributed by atoms with E-state index < -0.39 is 0 Å². The Balaban J connectivity index is 1.59. The zero-order valence-electron chi connectivity index (χ0n) is 15.7. The smallest absolute Gasteiger partial charge is 0.170 e. The van der Waals surface area contributed by atoms with Crippen LogP contribution in [0.1, 0.15) is 31.4 Å². The fraction of sp³-hybridized carbons (Fsp3) is 0.381. The molecule has 0 aromatic heterocycles. The van der Waals surface area contributed by atoms with Crippen LogP contribution >= 0.6 is 24.0 Å². The van der Waals surface area contributed by atoms with E-state index in [2.05, 4.69) is 41.8 Å². The Morgan fingerprint density at radius 2 is 1.85 bits per heavy atom. The van der Waals surface area contributed by atoms with E-state index in [1.54, 1.807) is 0 Å². The molecule has 2 aromatic carbocycles. The van der Waals surface area contributed by atoms with Crippen LogP contribution in [0.25, 0.3) is 0 Å². The van der Waals surface area contributed by atoms with Crippen molar-refractivity contribution in [2.24, 2.45) is 0 Å². The van der Waals surface area contributed by atoms with Crippen LogP contribution in [0.2, 0.25) is 0 Å². The molecule has 2 N–H and O–H groups in total. The van der Waals surface area contributed by atoms with Crippen molar-refractivity contribution >= 4 is 34.8 Å². The van der Waals surface area contributed by atoms with Gasteiger partial charge in [0.15, 0.2) is 5.11 Å². The highest BCUT2D eigenvalue weighted by atomic mass is 32.2. The number of thiocarbonyl (C=S) groups is 1. The molecule has 5 heteroatoms. The maximum Gasteiger partial charge on any atom is 0.170 e. The number of hydrogen-bond donors (Lipinski definition) is 2. The Bertz CT molecular complexity index is 687. The molecule has 0 fully saturated rings. The number of ether oxygens (including phenoxy) is 1. The highest BCUT2D eigenvalue weighted by Gasteiger charge is 2.01. The van der Waals surface area contributed by atoms with Gasteiger partial charge in [0.2, 0.25) is 0 Å². The number of aryl methyl sites for hydroxylation is 1. The summed E-state index contributed by atoms with van der Waals surface area (Å²) < 4.78 is 5.64. The lowest BCUT2D eigenvalue weighted by molar-refractivity contribution is 0.242. The molecule has 0 amide bonds. The summed E-state index contributed by atoms with van der Waals surface area (Å²) in [5.41, 5.74) is 3.76. The number of benzene rings is 2. The van der Waals surface area contributed by atoms with Crippen LogP contribution < -0.4 is 15.4 Å². The average molecular weight is 389 g/mol. The molecule has 0 atom stereocenters. The molecule has 0 saturated carbocycles. The molecule has 0 radical (unpaired) electrons. The Labute approximate surface area is 166 Å². The lowest BCUT2D eigenvalue weighted by Crippen LogP contribution is -2.29. The van der Waals surface area contributed by atoms with Gasteiger partial charge in [0.05, 0.1) is 6.10 Å². The monoisotopic (exact) mass is 388 g/mol. The molecule has 2 rings (SSSR count). The second-order valence-corrected chi connectivity index (χ2v) is 7.92. The summed E-state index contributed by atoms with van der Waals surface area (Å²) in [5, 5.41) is 7.13. The molecule has 0 spiro atoms. The van der Waals surface area contributed by atoms with Gasteiger partial charge in [-0.2, -0.15) is 11.8 Å². The van der Waals surface area contributed by atoms with E-state index in [9.17, 15) is 0 Å². The molecule has 0 heterocycles. The quantitative estimate of drug-likeness (QED) is 0.444. The van der Waals surface area contributed by atoms with Crippen LogP contribution in [-0.4, -0.2) is 23.5 Å². The molecule has 0 aliphatic rings. The van der Waals surface area contributed by atoms with E-state index in [1.807, 2.05) is 49.9 Å². The Hall–Kier alpha value is -1.72. The van der Waals surface area contributed by atoms with E-state index in [1.165, 1.54) is 11.1 Å². The van der Waals surface area contributed by atoms with Gasteiger partial charge in [0, 0.05) is 18.0 Å². The lowest BCUT2D eigenvalue weighted by Gasteiger charge is -2.12. The molecule has 26 heavy (non-hydrogen) atoms. The van der Waals surface area contributed by atoms with Crippen LogP contribution in [0.5, 0.6) is 5.75 Å². The van der Waals surface area contributed by atoms with Crippen molar-refractivity contribution < 1.29 is 4.74 Å². The first-order valence-electron chi connectivity index (χ1n) is 8.98. The second kappa shape index (κ2) is 11.1. The molecule has 0 aliphatic heterocycles. The van der Waals surface area contributed by atoms with Crippen molar-refractivity contribution in [2.45, 2.75) is 39.0 Å². The summed E-state index contributed by atoms with van der Waals surface area (Å²) in [6, 6.07) is 16.4. The largest absolute Gasteiger partial charge is 0.491 e. The van der Waals surface area contributed by atoms with Gasteiger partial charge in [0.25, 0.3) is 0 Å². The minimum absolute atomic E-state index is 0.181. The minimum atomic E-state index is 0.181. The molecule has 2 aromatic rings. The Morgan fingerprint density at radius 1 is 1.12 bits per heavy atom. The maximum atomic E-state index is 5.64. The lowest BCUT2D eigenvalue weighted by atomic mass is 10.1. The summed E-state index contributed by atoms with van der Waals surface area (Å²) in [6.07, 6.45) is 1.26. The van der Waals surface area contributed by atoms with Gasteiger partial charge < -0.3 is 15.4 Å². The van der Waals surface area contributed by atoms with Crippen molar-refractivity contribution in [3.05, 3.63) is 59.7 Å². The normalized spacial score (nSPS) is 10.6. The summed E-state index contributed by atoms with van der Waals surface area (Å²) in [4.78, 5) is 0. The first-order valence-corrected chi connectivity index (χ1v) is 10.5. The standard InChI is InChI=1S/C21H28N2OS2/c1-16(2)24-20-11-9-19(10-12-20)23-21(25)22-13-6-14-26-15-18-8-5-4-7-17(18)3/h4-5,7-12,16H,6,13-15H2,1-3H3,(H2,22,23,25). The van der Waals surface area contributed by atoms with Gasteiger partial charge in [0.1, 0.15) is 5.75 Å². The Kier molecular flexibility index (Phi) is 8.78. The third-order valence-corrected chi connectivity index (χ3v) is 5.09. The molecule has 3 nitrogen and oxygen atoms in total. The molecular weight excluding hydrogens is 360 g/mol. The fourth-order valence-corrected chi connectivity index (χ4v) is 3.65. The van der Waals surface area contributed by atoms with E-state index in [0.29, 0.717) is 5.11 Å². The van der Waals surface area contributed by atoms with Gasteiger partial charge in [-0.15, -0.1) is 0 Å². The SMILES string of the molecule is Cc1ccccc1CSCCCNC(=S)Nc1ccc(OC(C)C)cc1. The fourth-order valence-electron chi connectivity index (χ4n) is 2.39. The van der Waals surface area contributed by atoms with Gasteiger partial charge in [-0.25, -0.2) is 0 Å². The molecule has 0 aliphatic carbocycles. The van der Waals surface area contributed by atoms with Crippen LogP contribution in [0.15, 0.2) is 48.5 Å². The molecule has 140 valence electrons. The Morgan fingerprint density at radius 3 is 2.54 bits per heavy atom. The third-order valence-electron chi connectivity index (χ3n) is 3.75. The van der Waals surface area contributed by atoms with E-state index in [-0.39, 0.29) is 6.10 Å².